The van der Waals surface area contributed by atoms with Crippen LogP contribution >= 0.6 is 23.4 Å². The molecular weight excluding hydrogens is 310 g/mol. The topological polar surface area (TPSA) is 64.1 Å². The number of nitrogens with zero attached hydrogens (tertiary/aromatic N) is 2. The quantitative estimate of drug-likeness (QED) is 0.520. The highest BCUT2D eigenvalue weighted by Gasteiger charge is 2.06. The lowest BCUT2D eigenvalue weighted by Gasteiger charge is -2.08. The van der Waals surface area contributed by atoms with Crippen molar-refractivity contribution in [3.63, 3.8) is 0 Å². The molecule has 0 aliphatic heterocycles. The molecule has 2 aromatic rings. The minimum absolute atomic E-state index is 0.0335. The number of nitrogens with one attached hydrogen (secondary N) is 1. The van der Waals surface area contributed by atoms with Crippen LogP contribution in [0.2, 0.25) is 5.02 Å². The van der Waals surface area contributed by atoms with Crippen LogP contribution in [0.15, 0.2) is 35.5 Å². The molecule has 0 fully saturated rings. The third-order valence-electron chi connectivity index (χ3n) is 2.55. The van der Waals surface area contributed by atoms with Gasteiger partial charge in [0.25, 0.3) is 5.91 Å². The Labute approximate surface area is 132 Å². The summed E-state index contributed by atoms with van der Waals surface area (Å²) in [5.41, 5.74) is 1.33. The molecule has 1 heterocycles. The normalized spacial score (nSPS) is 10.2. The van der Waals surface area contributed by atoms with Crippen molar-refractivity contribution in [1.29, 1.82) is 0 Å². The monoisotopic (exact) mass is 323 g/mol. The molecule has 1 aromatic heterocycles. The molecule has 110 valence electrons. The maximum Gasteiger partial charge on any atom is 0.253 e. The van der Waals surface area contributed by atoms with Crippen LogP contribution in [-0.4, -0.2) is 28.9 Å². The van der Waals surface area contributed by atoms with Gasteiger partial charge in [0.2, 0.25) is 5.88 Å². The van der Waals surface area contributed by atoms with Gasteiger partial charge in [-0.3, -0.25) is 4.79 Å². The Bertz CT molecular complexity index is 635. The van der Waals surface area contributed by atoms with Gasteiger partial charge in [0.1, 0.15) is 0 Å². The van der Waals surface area contributed by atoms with Crippen LogP contribution in [0.4, 0.5) is 0 Å². The van der Waals surface area contributed by atoms with Gasteiger partial charge in [-0.1, -0.05) is 23.4 Å². The second kappa shape index (κ2) is 7.28. The number of thioether (sulfide) groups is 1. The lowest BCUT2D eigenvalue weighted by atomic mass is 10.2. The fraction of sp³-hybridized carbons (Fsp3) is 0.214. The summed E-state index contributed by atoms with van der Waals surface area (Å²) in [5.74, 6) is 0.200. The first-order chi connectivity index (χ1) is 10.1. The summed E-state index contributed by atoms with van der Waals surface area (Å²) < 4.78 is 5.42. The number of carbonyl (C=O) groups excluding carboxylic acids is 1. The molecule has 5 nitrogen and oxygen atoms in total. The lowest BCUT2D eigenvalue weighted by Crippen LogP contribution is -2.27. The largest absolute Gasteiger partial charge is 0.456 e. The van der Waals surface area contributed by atoms with Crippen LogP contribution in [0.25, 0.3) is 0 Å². The minimum Gasteiger partial charge on any atom is -0.456 e. The molecule has 1 N–H and O–H groups in total. The molecule has 0 atom stereocenters. The fourth-order valence-electron chi connectivity index (χ4n) is 1.56. The summed E-state index contributed by atoms with van der Waals surface area (Å²) in [6, 6.07) is 8.34. The summed E-state index contributed by atoms with van der Waals surface area (Å²) in [6.07, 6.45) is 1.89. The van der Waals surface area contributed by atoms with E-state index in [0.29, 0.717) is 21.6 Å². The molecule has 7 heteroatoms. The molecule has 0 unspecified atom stereocenters. The van der Waals surface area contributed by atoms with Crippen molar-refractivity contribution in [3.8, 4) is 5.88 Å². The van der Waals surface area contributed by atoms with Crippen molar-refractivity contribution in [2.24, 2.45) is 0 Å². The number of amides is 1. The van der Waals surface area contributed by atoms with Gasteiger partial charge in [-0.05, 0) is 37.4 Å². The number of aromatic nitrogens is 2. The van der Waals surface area contributed by atoms with E-state index in [1.54, 1.807) is 30.3 Å². The molecule has 0 aliphatic rings. The van der Waals surface area contributed by atoms with E-state index in [-0.39, 0.29) is 12.6 Å². The fourth-order valence-corrected chi connectivity index (χ4v) is 2.10. The predicted molar refractivity (Wildman–Crippen MR) is 83.0 cm³/mol. The zero-order valence-electron chi connectivity index (χ0n) is 11.6. The number of carbonyl (C=O) groups is 1. The SMILES string of the molecule is CSc1nc(C)cc(OCNC(=O)c2ccc(Cl)cc2)n1. The van der Waals surface area contributed by atoms with E-state index in [1.165, 1.54) is 11.8 Å². The van der Waals surface area contributed by atoms with Crippen molar-refractivity contribution >= 4 is 29.3 Å². The molecule has 0 aliphatic carbocycles. The minimum atomic E-state index is -0.234. The van der Waals surface area contributed by atoms with Crippen LogP contribution in [-0.2, 0) is 0 Å². The molecule has 1 aromatic carbocycles. The number of halogens is 1. The van der Waals surface area contributed by atoms with E-state index in [1.807, 2.05) is 13.2 Å². The van der Waals surface area contributed by atoms with E-state index in [0.717, 1.165) is 5.69 Å². The summed E-state index contributed by atoms with van der Waals surface area (Å²) in [6.45, 7) is 1.90. The maximum atomic E-state index is 11.9. The van der Waals surface area contributed by atoms with Gasteiger partial charge >= 0.3 is 0 Å². The van der Waals surface area contributed by atoms with Crippen LogP contribution in [0, 0.1) is 6.92 Å². The summed E-state index contributed by atoms with van der Waals surface area (Å²) in [5, 5.41) is 3.87. The molecule has 21 heavy (non-hydrogen) atoms. The zero-order valence-corrected chi connectivity index (χ0v) is 13.2. The van der Waals surface area contributed by atoms with Crippen molar-refractivity contribution in [2.45, 2.75) is 12.1 Å². The first-order valence-corrected chi connectivity index (χ1v) is 7.75. The number of benzene rings is 1. The van der Waals surface area contributed by atoms with Crippen LogP contribution in [0.1, 0.15) is 16.1 Å². The third kappa shape index (κ3) is 4.61. The van der Waals surface area contributed by atoms with E-state index < -0.39 is 0 Å². The average molecular weight is 324 g/mol. The molecule has 0 radical (unpaired) electrons. The highest BCUT2D eigenvalue weighted by Crippen LogP contribution is 2.15. The highest BCUT2D eigenvalue weighted by atomic mass is 35.5. The molecule has 0 saturated carbocycles. The molecule has 0 spiro atoms. The van der Waals surface area contributed by atoms with Crippen LogP contribution in [0.5, 0.6) is 5.88 Å². The van der Waals surface area contributed by atoms with E-state index >= 15 is 0 Å². The van der Waals surface area contributed by atoms with Gasteiger partial charge in [0.15, 0.2) is 11.9 Å². The zero-order chi connectivity index (χ0) is 15.2. The van der Waals surface area contributed by atoms with E-state index in [4.69, 9.17) is 16.3 Å². The smallest absolute Gasteiger partial charge is 0.253 e. The highest BCUT2D eigenvalue weighted by molar-refractivity contribution is 7.98. The second-order valence-electron chi connectivity index (χ2n) is 4.14. The Morgan fingerprint density at radius 3 is 2.71 bits per heavy atom. The maximum absolute atomic E-state index is 11.9. The molecule has 1 amide bonds. The molecule has 0 saturated heterocycles. The first-order valence-electron chi connectivity index (χ1n) is 6.14. The predicted octanol–water partition coefficient (Wildman–Crippen LogP) is 2.93. The second-order valence-corrected chi connectivity index (χ2v) is 5.35. The van der Waals surface area contributed by atoms with Crippen LogP contribution < -0.4 is 10.1 Å². The molecule has 0 bridgehead atoms. The number of aryl methyl sites for hydroxylation is 1. The summed E-state index contributed by atoms with van der Waals surface area (Å²) in [4.78, 5) is 20.3. The lowest BCUT2D eigenvalue weighted by molar-refractivity contribution is 0.0917. The average Bonchev–Trinajstić information content (AvgIpc) is 2.47. The van der Waals surface area contributed by atoms with Gasteiger partial charge in [0, 0.05) is 22.3 Å². The Kier molecular flexibility index (Phi) is 5.41. The Balaban J connectivity index is 1.90. The van der Waals surface area contributed by atoms with Gasteiger partial charge in [-0.2, -0.15) is 4.98 Å². The van der Waals surface area contributed by atoms with Crippen molar-refractivity contribution < 1.29 is 9.53 Å². The van der Waals surface area contributed by atoms with E-state index in [2.05, 4.69) is 15.3 Å². The number of rotatable bonds is 5. The third-order valence-corrected chi connectivity index (χ3v) is 3.35. The molecular formula is C14H14ClN3O2S. The number of hydrogen-bond acceptors (Lipinski definition) is 5. The first kappa shape index (κ1) is 15.6. The van der Waals surface area contributed by atoms with Gasteiger partial charge in [-0.15, -0.1) is 0 Å². The number of hydrogen-bond donors (Lipinski definition) is 1. The molecule has 2 rings (SSSR count). The van der Waals surface area contributed by atoms with Crippen molar-refractivity contribution in [2.75, 3.05) is 13.0 Å². The Hall–Kier alpha value is -1.79. The van der Waals surface area contributed by atoms with Gasteiger partial charge < -0.3 is 10.1 Å². The van der Waals surface area contributed by atoms with Crippen LogP contribution in [0.3, 0.4) is 0 Å². The Morgan fingerprint density at radius 2 is 2.05 bits per heavy atom. The summed E-state index contributed by atoms with van der Waals surface area (Å²) >= 11 is 7.20. The van der Waals surface area contributed by atoms with Crippen molar-refractivity contribution in [3.05, 3.63) is 46.6 Å². The van der Waals surface area contributed by atoms with Crippen molar-refractivity contribution in [1.82, 2.24) is 15.3 Å². The standard InChI is InChI=1S/C14H14ClN3O2S/c1-9-7-12(18-14(17-9)21-2)20-8-16-13(19)10-3-5-11(15)6-4-10/h3-7H,8H2,1-2H3,(H,16,19). The van der Waals surface area contributed by atoms with Gasteiger partial charge in [-0.25, -0.2) is 4.98 Å². The number of ether oxygens (including phenoxy) is 1. The summed E-state index contributed by atoms with van der Waals surface area (Å²) in [7, 11) is 0. The Morgan fingerprint density at radius 1 is 1.33 bits per heavy atom. The van der Waals surface area contributed by atoms with Gasteiger partial charge in [0.05, 0.1) is 0 Å². The van der Waals surface area contributed by atoms with E-state index in [9.17, 15) is 4.79 Å².